The van der Waals surface area contributed by atoms with Crippen molar-refractivity contribution in [3.8, 4) is 0 Å². The number of carbonyl (C=O) groups excluding carboxylic acids is 1. The van der Waals surface area contributed by atoms with Gasteiger partial charge in [0, 0.05) is 18.0 Å². The zero-order valence-corrected chi connectivity index (χ0v) is 17.0. The van der Waals surface area contributed by atoms with Gasteiger partial charge in [-0.3, -0.25) is 14.2 Å². The molecule has 2 heterocycles. The van der Waals surface area contributed by atoms with Crippen LogP contribution < -0.4 is 10.9 Å². The normalized spacial score (nSPS) is 12.6. The van der Waals surface area contributed by atoms with E-state index in [2.05, 4.69) is 30.7 Å². The van der Waals surface area contributed by atoms with Gasteiger partial charge in [-0.1, -0.05) is 31.7 Å². The Morgan fingerprint density at radius 3 is 2.68 bits per heavy atom. The molecule has 2 aromatic heterocycles. The Morgan fingerprint density at radius 2 is 2.08 bits per heavy atom. The van der Waals surface area contributed by atoms with Gasteiger partial charge in [0.05, 0.1) is 10.6 Å². The molecule has 5 nitrogen and oxygen atoms in total. The number of nitrogens with zero attached hydrogens (tertiary/aromatic N) is 2. The molecule has 0 aliphatic carbocycles. The first-order valence-corrected chi connectivity index (χ1v) is 10.0. The lowest BCUT2D eigenvalue weighted by atomic mass is 10.2. The molecular formula is C18H25N3O2S2. The van der Waals surface area contributed by atoms with Crippen molar-refractivity contribution in [2.24, 2.45) is 5.92 Å². The Kier molecular flexibility index (Phi) is 6.46. The molecule has 0 saturated heterocycles. The van der Waals surface area contributed by atoms with Crippen molar-refractivity contribution in [1.29, 1.82) is 0 Å². The molecule has 1 N–H and O–H groups in total. The predicted octanol–water partition coefficient (Wildman–Crippen LogP) is 3.51. The average Bonchev–Trinajstić information content (AvgIpc) is 2.83. The van der Waals surface area contributed by atoms with Crippen LogP contribution in [-0.4, -0.2) is 27.3 Å². The van der Waals surface area contributed by atoms with Gasteiger partial charge in [-0.25, -0.2) is 4.98 Å². The molecule has 0 fully saturated rings. The van der Waals surface area contributed by atoms with E-state index in [-0.39, 0.29) is 16.7 Å². The summed E-state index contributed by atoms with van der Waals surface area (Å²) in [6.07, 6.45) is 1.68. The van der Waals surface area contributed by atoms with Crippen LogP contribution >= 0.6 is 23.1 Å². The fourth-order valence-corrected chi connectivity index (χ4v) is 4.36. The summed E-state index contributed by atoms with van der Waals surface area (Å²) >= 11 is 2.83. The maximum absolute atomic E-state index is 12.9. The number of allylic oxidation sites excluding steroid dienone is 1. The molecule has 25 heavy (non-hydrogen) atoms. The molecule has 0 aliphatic rings. The molecule has 0 aliphatic heterocycles. The predicted molar refractivity (Wildman–Crippen MR) is 107 cm³/mol. The molecule has 2 rings (SSSR count). The second-order valence-electron chi connectivity index (χ2n) is 6.46. The van der Waals surface area contributed by atoms with Crippen molar-refractivity contribution in [2.45, 2.75) is 51.6 Å². The summed E-state index contributed by atoms with van der Waals surface area (Å²) in [6.45, 7) is 14.6. The number of hydrogen-bond donors (Lipinski definition) is 1. The highest BCUT2D eigenvalue weighted by atomic mass is 32.2. The number of aromatic nitrogens is 2. The molecular weight excluding hydrogens is 354 g/mol. The zero-order chi connectivity index (χ0) is 18.7. The summed E-state index contributed by atoms with van der Waals surface area (Å²) in [4.78, 5) is 31.7. The van der Waals surface area contributed by atoms with Crippen molar-refractivity contribution in [1.82, 2.24) is 14.9 Å². The molecule has 0 spiro atoms. The summed E-state index contributed by atoms with van der Waals surface area (Å²) < 4.78 is 1.60. The number of hydrogen-bond acceptors (Lipinski definition) is 5. The summed E-state index contributed by atoms with van der Waals surface area (Å²) in [5.74, 6) is 0.350. The Balaban J connectivity index is 2.39. The Morgan fingerprint density at radius 1 is 1.40 bits per heavy atom. The molecule has 0 radical (unpaired) electrons. The number of carbonyl (C=O) groups is 1. The summed E-state index contributed by atoms with van der Waals surface area (Å²) in [6, 6.07) is 0. The standard InChI is InChI=1S/C18H25N3O2S2/c1-7-8-21-17(23)14-11(4)12(5)24-16(14)20-18(21)25-13(6)15(22)19-9-10(2)3/h7,10,13H,1,8-9H2,2-6H3,(H,19,22)/t13-/m1/s1. The van der Waals surface area contributed by atoms with Crippen LogP contribution in [0.25, 0.3) is 10.2 Å². The largest absolute Gasteiger partial charge is 0.355 e. The first-order valence-electron chi connectivity index (χ1n) is 8.32. The van der Waals surface area contributed by atoms with Crippen LogP contribution in [0.1, 0.15) is 31.2 Å². The van der Waals surface area contributed by atoms with Crippen LogP contribution in [0.5, 0.6) is 0 Å². The van der Waals surface area contributed by atoms with E-state index in [1.165, 1.54) is 23.1 Å². The van der Waals surface area contributed by atoms with Crippen molar-refractivity contribution in [3.05, 3.63) is 33.4 Å². The molecule has 0 unspecified atom stereocenters. The van der Waals surface area contributed by atoms with Crippen molar-refractivity contribution < 1.29 is 4.79 Å². The molecule has 1 amide bonds. The summed E-state index contributed by atoms with van der Waals surface area (Å²) in [5.41, 5.74) is 0.915. The van der Waals surface area contributed by atoms with Crippen LogP contribution in [0.3, 0.4) is 0 Å². The van der Waals surface area contributed by atoms with Gasteiger partial charge in [0.15, 0.2) is 5.16 Å². The zero-order valence-electron chi connectivity index (χ0n) is 15.4. The van der Waals surface area contributed by atoms with E-state index in [1.807, 2.05) is 20.8 Å². The van der Waals surface area contributed by atoms with Gasteiger partial charge in [0.2, 0.25) is 5.91 Å². The topological polar surface area (TPSA) is 64.0 Å². The Labute approximate surface area is 156 Å². The first-order chi connectivity index (χ1) is 11.8. The lowest BCUT2D eigenvalue weighted by molar-refractivity contribution is -0.120. The highest BCUT2D eigenvalue weighted by Crippen LogP contribution is 2.29. The van der Waals surface area contributed by atoms with Gasteiger partial charge < -0.3 is 5.32 Å². The molecule has 7 heteroatoms. The number of amides is 1. The van der Waals surface area contributed by atoms with Crippen LogP contribution in [0.2, 0.25) is 0 Å². The Hall–Kier alpha value is -1.60. The van der Waals surface area contributed by atoms with Gasteiger partial charge in [0.1, 0.15) is 4.83 Å². The monoisotopic (exact) mass is 379 g/mol. The van der Waals surface area contributed by atoms with E-state index in [1.54, 1.807) is 10.6 Å². The summed E-state index contributed by atoms with van der Waals surface area (Å²) in [5, 5.41) is 3.83. The van der Waals surface area contributed by atoms with Crippen molar-refractivity contribution in [2.75, 3.05) is 6.54 Å². The van der Waals surface area contributed by atoms with Gasteiger partial charge >= 0.3 is 0 Å². The average molecular weight is 380 g/mol. The quantitative estimate of drug-likeness (QED) is 0.454. The Bertz CT molecular complexity index is 852. The van der Waals surface area contributed by atoms with E-state index in [0.717, 1.165) is 15.3 Å². The van der Waals surface area contributed by atoms with Crippen molar-refractivity contribution >= 4 is 39.2 Å². The van der Waals surface area contributed by atoms with E-state index < -0.39 is 0 Å². The molecule has 0 aromatic carbocycles. The number of fused-ring (bicyclic) bond motifs is 1. The molecule has 2 aromatic rings. The van der Waals surface area contributed by atoms with Gasteiger partial charge in [0.25, 0.3) is 5.56 Å². The number of rotatable bonds is 7. The fraction of sp³-hybridized carbons (Fsp3) is 0.500. The van der Waals surface area contributed by atoms with Crippen LogP contribution in [-0.2, 0) is 11.3 Å². The molecule has 136 valence electrons. The van der Waals surface area contributed by atoms with E-state index in [4.69, 9.17) is 0 Å². The SMILES string of the molecule is C=CCn1c(S[C@H](C)C(=O)NCC(C)C)nc2sc(C)c(C)c2c1=O. The van der Waals surface area contributed by atoms with Gasteiger partial charge in [-0.05, 0) is 32.3 Å². The minimum Gasteiger partial charge on any atom is -0.355 e. The van der Waals surface area contributed by atoms with E-state index >= 15 is 0 Å². The van der Waals surface area contributed by atoms with Gasteiger partial charge in [-0.15, -0.1) is 17.9 Å². The number of nitrogens with one attached hydrogen (secondary N) is 1. The second-order valence-corrected chi connectivity index (χ2v) is 8.97. The minimum absolute atomic E-state index is 0.0447. The van der Waals surface area contributed by atoms with Crippen LogP contribution in [0.4, 0.5) is 0 Å². The number of thioether (sulfide) groups is 1. The maximum atomic E-state index is 12.9. The van der Waals surface area contributed by atoms with E-state index in [9.17, 15) is 9.59 Å². The summed E-state index contributed by atoms with van der Waals surface area (Å²) in [7, 11) is 0. The third-order valence-corrected chi connectivity index (χ3v) is 6.09. The lowest BCUT2D eigenvalue weighted by Crippen LogP contribution is -2.34. The second kappa shape index (κ2) is 8.19. The van der Waals surface area contributed by atoms with Crippen LogP contribution in [0.15, 0.2) is 22.6 Å². The molecule has 0 bridgehead atoms. The highest BCUT2D eigenvalue weighted by Gasteiger charge is 2.21. The number of thiophene rings is 1. The highest BCUT2D eigenvalue weighted by molar-refractivity contribution is 8.00. The van der Waals surface area contributed by atoms with Gasteiger partial charge in [-0.2, -0.15) is 0 Å². The smallest absolute Gasteiger partial charge is 0.263 e. The molecule has 0 saturated carbocycles. The number of aryl methyl sites for hydroxylation is 2. The molecule has 1 atom stereocenters. The van der Waals surface area contributed by atoms with E-state index in [0.29, 0.717) is 29.6 Å². The fourth-order valence-electron chi connectivity index (χ4n) is 2.35. The van der Waals surface area contributed by atoms with Crippen molar-refractivity contribution in [3.63, 3.8) is 0 Å². The maximum Gasteiger partial charge on any atom is 0.263 e. The third kappa shape index (κ3) is 4.33. The third-order valence-electron chi connectivity index (χ3n) is 3.90. The van der Waals surface area contributed by atoms with Crippen LogP contribution in [0, 0.1) is 19.8 Å². The lowest BCUT2D eigenvalue weighted by Gasteiger charge is -2.15. The minimum atomic E-state index is -0.332. The first kappa shape index (κ1) is 19.7.